The monoisotopic (exact) mass is 254 g/mol. The highest BCUT2D eigenvalue weighted by Gasteiger charge is 2.39. The third kappa shape index (κ3) is 3.64. The van der Waals surface area contributed by atoms with Crippen molar-refractivity contribution in [3.05, 3.63) is 0 Å². The first-order valence-corrected chi connectivity index (χ1v) is 8.07. The van der Waals surface area contributed by atoms with Crippen LogP contribution in [0, 0.1) is 5.92 Å². The van der Waals surface area contributed by atoms with Crippen molar-refractivity contribution in [3.63, 3.8) is 0 Å². The zero-order chi connectivity index (χ0) is 12.3. The van der Waals surface area contributed by atoms with Gasteiger partial charge in [0.2, 0.25) is 0 Å². The molecule has 1 saturated heterocycles. The van der Waals surface area contributed by atoms with Crippen molar-refractivity contribution < 1.29 is 0 Å². The zero-order valence-electron chi connectivity index (χ0n) is 11.5. The van der Waals surface area contributed by atoms with Gasteiger partial charge in [0.05, 0.1) is 0 Å². The van der Waals surface area contributed by atoms with Crippen LogP contribution in [0.2, 0.25) is 0 Å². The molecule has 0 aromatic heterocycles. The van der Waals surface area contributed by atoms with Gasteiger partial charge in [-0.05, 0) is 38.5 Å². The second-order valence-electron chi connectivity index (χ2n) is 6.16. The lowest BCUT2D eigenvalue weighted by Gasteiger charge is -2.22. The van der Waals surface area contributed by atoms with Gasteiger partial charge in [0.15, 0.2) is 5.17 Å². The van der Waals surface area contributed by atoms with Gasteiger partial charge in [0.25, 0.3) is 0 Å². The first-order chi connectivity index (χ1) is 8.10. The minimum Gasteiger partial charge on any atom is -0.359 e. The molecule has 0 radical (unpaired) electrons. The first-order valence-electron chi connectivity index (χ1n) is 7.08. The summed E-state index contributed by atoms with van der Waals surface area (Å²) in [6, 6.07) is 0.476. The maximum atomic E-state index is 4.84. The molecule has 3 heteroatoms. The summed E-state index contributed by atoms with van der Waals surface area (Å²) in [5, 5.41) is 4.91. The minimum absolute atomic E-state index is 0.418. The zero-order valence-corrected chi connectivity index (χ0v) is 12.3. The fourth-order valence-electron chi connectivity index (χ4n) is 2.74. The quantitative estimate of drug-likeness (QED) is 0.825. The Labute approximate surface area is 110 Å². The van der Waals surface area contributed by atoms with Crippen molar-refractivity contribution in [2.24, 2.45) is 10.9 Å². The van der Waals surface area contributed by atoms with E-state index in [4.69, 9.17) is 4.99 Å². The van der Waals surface area contributed by atoms with E-state index in [1.807, 2.05) is 11.8 Å². The van der Waals surface area contributed by atoms with Crippen molar-refractivity contribution >= 4 is 16.9 Å². The van der Waals surface area contributed by atoms with Gasteiger partial charge >= 0.3 is 0 Å². The Kier molecular flexibility index (Phi) is 4.40. The molecule has 2 nitrogen and oxygen atoms in total. The van der Waals surface area contributed by atoms with Crippen molar-refractivity contribution in [2.75, 3.05) is 5.75 Å². The summed E-state index contributed by atoms with van der Waals surface area (Å²) in [6.45, 7) is 6.82. The van der Waals surface area contributed by atoms with E-state index in [1.165, 1.54) is 49.4 Å². The van der Waals surface area contributed by atoms with Crippen LogP contribution in [0.4, 0.5) is 0 Å². The molecule has 1 atom stereocenters. The summed E-state index contributed by atoms with van der Waals surface area (Å²) >= 11 is 1.94. The van der Waals surface area contributed by atoms with Crippen molar-refractivity contribution in [3.8, 4) is 0 Å². The van der Waals surface area contributed by atoms with Crippen LogP contribution in [0.25, 0.3) is 0 Å². The summed E-state index contributed by atoms with van der Waals surface area (Å²) in [6.07, 6.45) is 7.98. The van der Waals surface area contributed by atoms with Crippen LogP contribution in [0.15, 0.2) is 4.99 Å². The predicted molar refractivity (Wildman–Crippen MR) is 77.8 cm³/mol. The van der Waals surface area contributed by atoms with Crippen LogP contribution in [-0.2, 0) is 0 Å². The number of hydrogen-bond acceptors (Lipinski definition) is 2. The van der Waals surface area contributed by atoms with Crippen molar-refractivity contribution in [1.82, 2.24) is 5.32 Å². The summed E-state index contributed by atoms with van der Waals surface area (Å²) in [5.74, 6) is 2.03. The molecule has 1 aliphatic carbocycles. The molecule has 2 aliphatic rings. The lowest BCUT2D eigenvalue weighted by molar-refractivity contribution is 0.450. The van der Waals surface area contributed by atoms with Gasteiger partial charge < -0.3 is 5.32 Å². The lowest BCUT2D eigenvalue weighted by atomic mass is 10.0. The van der Waals surface area contributed by atoms with E-state index in [0.29, 0.717) is 11.6 Å². The number of nitrogens with zero attached hydrogens (tertiary/aromatic N) is 1. The van der Waals surface area contributed by atoms with E-state index in [1.54, 1.807) is 0 Å². The fourth-order valence-corrected chi connectivity index (χ4v) is 4.05. The van der Waals surface area contributed by atoms with Gasteiger partial charge in [-0.2, -0.15) is 0 Å². The van der Waals surface area contributed by atoms with E-state index in [2.05, 4.69) is 26.1 Å². The molecule has 0 bridgehead atoms. The van der Waals surface area contributed by atoms with Gasteiger partial charge in [-0.3, -0.25) is 4.99 Å². The molecule has 98 valence electrons. The Morgan fingerprint density at radius 2 is 1.94 bits per heavy atom. The number of nitrogens with one attached hydrogen (secondary N) is 1. The second kappa shape index (κ2) is 5.64. The molecule has 1 saturated carbocycles. The summed E-state index contributed by atoms with van der Waals surface area (Å²) in [5.41, 5.74) is 0.418. The third-order valence-corrected chi connectivity index (χ3v) is 5.10. The maximum Gasteiger partial charge on any atom is 0.157 e. The van der Waals surface area contributed by atoms with Gasteiger partial charge in [-0.25, -0.2) is 0 Å². The maximum absolute atomic E-state index is 4.84. The molecule has 1 heterocycles. The van der Waals surface area contributed by atoms with Crippen LogP contribution >= 0.6 is 11.8 Å². The molecule has 0 aromatic rings. The van der Waals surface area contributed by atoms with Crippen LogP contribution in [0.5, 0.6) is 0 Å². The van der Waals surface area contributed by atoms with Crippen molar-refractivity contribution in [1.29, 1.82) is 0 Å². The second-order valence-corrected chi connectivity index (χ2v) is 7.12. The Hall–Kier alpha value is -0.180. The van der Waals surface area contributed by atoms with Gasteiger partial charge in [-0.15, -0.1) is 0 Å². The van der Waals surface area contributed by atoms with Gasteiger partial charge in [0, 0.05) is 17.3 Å². The normalized spacial score (nSPS) is 26.9. The number of rotatable bonds is 4. The minimum atomic E-state index is 0.418. The van der Waals surface area contributed by atoms with E-state index >= 15 is 0 Å². The summed E-state index contributed by atoms with van der Waals surface area (Å²) in [7, 11) is 0. The highest BCUT2D eigenvalue weighted by molar-refractivity contribution is 8.14. The Bertz CT molecular complexity index is 280. The smallest absolute Gasteiger partial charge is 0.157 e. The van der Waals surface area contributed by atoms with Gasteiger partial charge in [-0.1, -0.05) is 38.5 Å². The first kappa shape index (κ1) is 13.3. The number of amidine groups is 1. The average Bonchev–Trinajstić information content (AvgIpc) is 2.87. The Morgan fingerprint density at radius 3 is 2.59 bits per heavy atom. The SMILES string of the molecule is CC(C)CCC(C)N=C1NC2(CCCC2)CS1. The average molecular weight is 254 g/mol. The molecule has 1 spiro atoms. The standard InChI is InChI=1S/C14H26N2S/c1-11(2)6-7-12(3)15-13-16-14(10-17-13)8-4-5-9-14/h11-12H,4-10H2,1-3H3,(H,15,16). The number of hydrogen-bond donors (Lipinski definition) is 1. The molecule has 0 amide bonds. The molecule has 0 aromatic carbocycles. The summed E-state index contributed by atoms with van der Waals surface area (Å²) in [4.78, 5) is 4.84. The number of aliphatic imine (C=N–C) groups is 1. The number of thioether (sulfide) groups is 1. The van der Waals surface area contributed by atoms with E-state index in [-0.39, 0.29) is 0 Å². The Balaban J connectivity index is 1.82. The largest absolute Gasteiger partial charge is 0.359 e. The van der Waals surface area contributed by atoms with Crippen LogP contribution in [0.1, 0.15) is 59.3 Å². The summed E-state index contributed by atoms with van der Waals surface area (Å²) < 4.78 is 0. The van der Waals surface area contributed by atoms with E-state index in [0.717, 1.165) is 5.92 Å². The van der Waals surface area contributed by atoms with Gasteiger partial charge in [0.1, 0.15) is 0 Å². The van der Waals surface area contributed by atoms with E-state index in [9.17, 15) is 0 Å². The highest BCUT2D eigenvalue weighted by atomic mass is 32.2. The molecular formula is C14H26N2S. The van der Waals surface area contributed by atoms with E-state index < -0.39 is 0 Å². The van der Waals surface area contributed by atoms with Crippen LogP contribution < -0.4 is 5.32 Å². The molecular weight excluding hydrogens is 228 g/mol. The van der Waals surface area contributed by atoms with Crippen molar-refractivity contribution in [2.45, 2.75) is 70.9 Å². The molecule has 1 unspecified atom stereocenters. The highest BCUT2D eigenvalue weighted by Crippen LogP contribution is 2.37. The van der Waals surface area contributed by atoms with Crippen LogP contribution in [0.3, 0.4) is 0 Å². The molecule has 17 heavy (non-hydrogen) atoms. The predicted octanol–water partition coefficient (Wildman–Crippen LogP) is 3.82. The molecule has 2 rings (SSSR count). The molecule has 1 N–H and O–H groups in total. The molecule has 1 aliphatic heterocycles. The third-order valence-electron chi connectivity index (χ3n) is 3.92. The van der Waals surface area contributed by atoms with Crippen LogP contribution in [-0.4, -0.2) is 22.5 Å². The topological polar surface area (TPSA) is 24.4 Å². The molecule has 2 fully saturated rings. The fraction of sp³-hybridized carbons (Fsp3) is 0.929. The lowest BCUT2D eigenvalue weighted by Crippen LogP contribution is -2.40. The Morgan fingerprint density at radius 1 is 1.24 bits per heavy atom.